The quantitative estimate of drug-likeness (QED) is 0.846. The summed E-state index contributed by atoms with van der Waals surface area (Å²) in [5, 5.41) is 8.75. The van der Waals surface area contributed by atoms with E-state index in [4.69, 9.17) is 11.6 Å². The number of hydrogen-bond acceptors (Lipinski definition) is 3. The molecule has 0 amide bonds. The van der Waals surface area contributed by atoms with Gasteiger partial charge in [0.25, 0.3) is 0 Å². The average molecular weight is 251 g/mol. The predicted octanol–water partition coefficient (Wildman–Crippen LogP) is 2.51. The van der Waals surface area contributed by atoms with Gasteiger partial charge in [-0.25, -0.2) is 9.50 Å². The molecule has 1 atom stereocenters. The van der Waals surface area contributed by atoms with Crippen molar-refractivity contribution in [1.82, 2.24) is 19.9 Å². The molecule has 1 saturated heterocycles. The Hall–Kier alpha value is -1.13. The molecule has 1 fully saturated rings. The highest BCUT2D eigenvalue weighted by molar-refractivity contribution is 6.34. The summed E-state index contributed by atoms with van der Waals surface area (Å²) in [6, 6.07) is 2.21. The molecule has 2 aromatic rings. The van der Waals surface area contributed by atoms with Crippen molar-refractivity contribution in [2.75, 3.05) is 6.54 Å². The van der Waals surface area contributed by atoms with Gasteiger partial charge in [0, 0.05) is 11.9 Å². The molecule has 0 saturated carbocycles. The second kappa shape index (κ2) is 4.27. The van der Waals surface area contributed by atoms with Gasteiger partial charge in [0.05, 0.1) is 6.04 Å². The van der Waals surface area contributed by atoms with E-state index in [1.165, 1.54) is 12.8 Å². The van der Waals surface area contributed by atoms with Crippen LogP contribution in [0.2, 0.25) is 5.02 Å². The first-order chi connectivity index (χ1) is 8.27. The number of hydrogen-bond donors (Lipinski definition) is 1. The van der Waals surface area contributed by atoms with E-state index in [1.807, 2.05) is 17.5 Å². The number of nitrogens with zero attached hydrogens (tertiary/aromatic N) is 3. The fourth-order valence-electron chi connectivity index (χ4n) is 2.36. The molecule has 1 N–H and O–H groups in total. The van der Waals surface area contributed by atoms with Crippen molar-refractivity contribution in [3.63, 3.8) is 0 Å². The molecule has 17 heavy (non-hydrogen) atoms. The Morgan fingerprint density at radius 2 is 2.35 bits per heavy atom. The Kier molecular flexibility index (Phi) is 2.76. The van der Waals surface area contributed by atoms with Crippen molar-refractivity contribution in [3.05, 3.63) is 28.7 Å². The van der Waals surface area contributed by atoms with Gasteiger partial charge in [-0.05, 0) is 32.4 Å². The van der Waals surface area contributed by atoms with E-state index in [2.05, 4.69) is 15.4 Å². The summed E-state index contributed by atoms with van der Waals surface area (Å²) in [5.74, 6) is 0. The lowest BCUT2D eigenvalue weighted by molar-refractivity contribution is 0.404. The van der Waals surface area contributed by atoms with E-state index < -0.39 is 0 Å². The number of piperidine rings is 1. The summed E-state index contributed by atoms with van der Waals surface area (Å²) >= 11 is 6.38. The van der Waals surface area contributed by atoms with Gasteiger partial charge in [-0.15, -0.1) is 0 Å². The molecule has 0 aromatic carbocycles. The van der Waals surface area contributed by atoms with E-state index in [0.29, 0.717) is 5.02 Å². The smallest absolute Gasteiger partial charge is 0.174 e. The Morgan fingerprint density at radius 1 is 1.47 bits per heavy atom. The van der Waals surface area contributed by atoms with Gasteiger partial charge >= 0.3 is 0 Å². The molecule has 1 unspecified atom stereocenters. The molecule has 0 radical (unpaired) electrons. The number of halogens is 1. The molecule has 90 valence electrons. The summed E-state index contributed by atoms with van der Waals surface area (Å²) in [6.45, 7) is 3.05. The van der Waals surface area contributed by atoms with Crippen LogP contribution in [0.25, 0.3) is 5.65 Å². The largest absolute Gasteiger partial charge is 0.309 e. The number of fused-ring (bicyclic) bond motifs is 1. The Balaban J connectivity index is 2.10. The van der Waals surface area contributed by atoms with Crippen LogP contribution >= 0.6 is 11.6 Å². The van der Waals surface area contributed by atoms with Gasteiger partial charge in [-0.2, -0.15) is 5.10 Å². The number of aryl methyl sites for hydroxylation is 1. The third-order valence-electron chi connectivity index (χ3n) is 3.32. The molecule has 2 aromatic heterocycles. The Labute approximate surface area is 105 Å². The summed E-state index contributed by atoms with van der Waals surface area (Å²) < 4.78 is 1.83. The fourth-order valence-corrected chi connectivity index (χ4v) is 2.66. The van der Waals surface area contributed by atoms with Crippen molar-refractivity contribution in [2.45, 2.75) is 32.2 Å². The van der Waals surface area contributed by atoms with Crippen molar-refractivity contribution in [1.29, 1.82) is 0 Å². The number of nitrogens with one attached hydrogen (secondary N) is 1. The van der Waals surface area contributed by atoms with Crippen LogP contribution in [0.15, 0.2) is 12.3 Å². The average Bonchev–Trinajstić information content (AvgIpc) is 2.70. The van der Waals surface area contributed by atoms with E-state index >= 15 is 0 Å². The minimum atomic E-state index is 0.275. The minimum absolute atomic E-state index is 0.275. The van der Waals surface area contributed by atoms with Crippen LogP contribution in [0.1, 0.15) is 36.7 Å². The second-order valence-electron chi connectivity index (χ2n) is 4.52. The molecule has 4 nitrogen and oxygen atoms in total. The lowest BCUT2D eigenvalue weighted by Gasteiger charge is -2.21. The van der Waals surface area contributed by atoms with Crippen LogP contribution in [0.5, 0.6) is 0 Å². The molecular formula is C12H15ClN4. The van der Waals surface area contributed by atoms with Gasteiger partial charge in [0.1, 0.15) is 10.7 Å². The molecule has 3 rings (SSSR count). The van der Waals surface area contributed by atoms with Crippen LogP contribution in [0.3, 0.4) is 0 Å². The van der Waals surface area contributed by atoms with Crippen molar-refractivity contribution >= 4 is 17.2 Å². The highest BCUT2D eigenvalue weighted by Crippen LogP contribution is 2.30. The van der Waals surface area contributed by atoms with E-state index in [9.17, 15) is 0 Å². The van der Waals surface area contributed by atoms with Crippen molar-refractivity contribution < 1.29 is 0 Å². The van der Waals surface area contributed by atoms with Gasteiger partial charge in [0.15, 0.2) is 5.65 Å². The van der Waals surface area contributed by atoms with Gasteiger partial charge in [-0.1, -0.05) is 18.0 Å². The molecule has 3 heterocycles. The summed E-state index contributed by atoms with van der Waals surface area (Å²) in [7, 11) is 0. The predicted molar refractivity (Wildman–Crippen MR) is 67.3 cm³/mol. The van der Waals surface area contributed by atoms with Crippen LogP contribution < -0.4 is 5.32 Å². The maximum absolute atomic E-state index is 6.38. The van der Waals surface area contributed by atoms with Gasteiger partial charge in [0.2, 0.25) is 0 Å². The zero-order valence-electron chi connectivity index (χ0n) is 9.78. The number of rotatable bonds is 1. The zero-order valence-corrected chi connectivity index (χ0v) is 10.5. The molecular weight excluding hydrogens is 236 g/mol. The molecule has 0 aliphatic carbocycles. The van der Waals surface area contributed by atoms with Crippen LogP contribution in [-0.4, -0.2) is 21.1 Å². The normalized spacial score (nSPS) is 20.9. The topological polar surface area (TPSA) is 42.2 Å². The Morgan fingerprint density at radius 3 is 3.06 bits per heavy atom. The first kappa shape index (κ1) is 11.0. The SMILES string of the molecule is Cc1ccnc2c(Cl)c(C3CCCCN3)nn12. The summed E-state index contributed by atoms with van der Waals surface area (Å²) in [4.78, 5) is 4.30. The summed E-state index contributed by atoms with van der Waals surface area (Å²) in [6.07, 6.45) is 5.34. The van der Waals surface area contributed by atoms with E-state index in [0.717, 1.165) is 30.0 Å². The highest BCUT2D eigenvalue weighted by atomic mass is 35.5. The van der Waals surface area contributed by atoms with Crippen molar-refractivity contribution in [3.8, 4) is 0 Å². The van der Waals surface area contributed by atoms with Gasteiger partial charge < -0.3 is 5.32 Å². The first-order valence-corrected chi connectivity index (χ1v) is 6.38. The minimum Gasteiger partial charge on any atom is -0.309 e. The summed E-state index contributed by atoms with van der Waals surface area (Å²) in [5.41, 5.74) is 2.75. The molecule has 0 spiro atoms. The fraction of sp³-hybridized carbons (Fsp3) is 0.500. The lowest BCUT2D eigenvalue weighted by atomic mass is 10.0. The molecule has 0 bridgehead atoms. The highest BCUT2D eigenvalue weighted by Gasteiger charge is 2.23. The standard InChI is InChI=1S/C12H15ClN4/c1-8-5-7-15-12-10(13)11(16-17(8)12)9-4-2-3-6-14-9/h5,7,9,14H,2-4,6H2,1H3. The molecule has 5 heteroatoms. The van der Waals surface area contributed by atoms with Gasteiger partial charge in [-0.3, -0.25) is 0 Å². The zero-order chi connectivity index (χ0) is 11.8. The monoisotopic (exact) mass is 250 g/mol. The molecule has 1 aliphatic rings. The Bertz CT molecular complexity index is 543. The first-order valence-electron chi connectivity index (χ1n) is 6.00. The maximum atomic E-state index is 6.38. The third-order valence-corrected chi connectivity index (χ3v) is 3.68. The van der Waals surface area contributed by atoms with Crippen molar-refractivity contribution in [2.24, 2.45) is 0 Å². The maximum Gasteiger partial charge on any atom is 0.174 e. The molecule has 1 aliphatic heterocycles. The van der Waals surface area contributed by atoms with Crippen LogP contribution in [0, 0.1) is 6.92 Å². The lowest BCUT2D eigenvalue weighted by Crippen LogP contribution is -2.27. The number of aromatic nitrogens is 3. The second-order valence-corrected chi connectivity index (χ2v) is 4.90. The van der Waals surface area contributed by atoms with E-state index in [1.54, 1.807) is 6.20 Å². The van der Waals surface area contributed by atoms with Crippen LogP contribution in [0.4, 0.5) is 0 Å². The third kappa shape index (κ3) is 1.81. The van der Waals surface area contributed by atoms with Crippen LogP contribution in [-0.2, 0) is 0 Å². The van der Waals surface area contributed by atoms with E-state index in [-0.39, 0.29) is 6.04 Å².